The molecule has 4 aromatic rings. The van der Waals surface area contributed by atoms with Gasteiger partial charge in [-0.1, -0.05) is 37.3 Å². The van der Waals surface area contributed by atoms with E-state index in [1.54, 1.807) is 23.0 Å². The first-order valence-electron chi connectivity index (χ1n) is 11.2. The first-order valence-corrected chi connectivity index (χ1v) is 11.2. The minimum atomic E-state index is -2.92. The molecule has 0 aliphatic rings. The average Bonchev–Trinajstić information content (AvgIpc) is 3.26. The maximum atomic E-state index is 13.3. The van der Waals surface area contributed by atoms with Gasteiger partial charge in [0, 0.05) is 11.8 Å². The van der Waals surface area contributed by atoms with Gasteiger partial charge in [-0.15, -0.1) is 0 Å². The molecule has 0 saturated heterocycles. The van der Waals surface area contributed by atoms with Crippen molar-refractivity contribution in [2.45, 2.75) is 38.7 Å². The molecule has 0 spiro atoms. The second-order valence-electron chi connectivity index (χ2n) is 8.34. The van der Waals surface area contributed by atoms with Crippen LogP contribution in [0.5, 0.6) is 5.75 Å². The van der Waals surface area contributed by atoms with E-state index >= 15 is 0 Å². The minimum absolute atomic E-state index is 0.00879. The van der Waals surface area contributed by atoms with Crippen molar-refractivity contribution >= 4 is 16.7 Å². The lowest BCUT2D eigenvalue weighted by molar-refractivity contribution is -0.129. The van der Waals surface area contributed by atoms with Gasteiger partial charge in [-0.05, 0) is 66.8 Å². The first-order chi connectivity index (χ1) is 16.4. The molecule has 2 atom stereocenters. The Morgan fingerprint density at radius 1 is 1.03 bits per heavy atom. The Labute approximate surface area is 196 Å². The number of Topliss-reactive ketones (excluding diaryl/α,β-unsaturated/α-hetero) is 1. The molecule has 0 aliphatic carbocycles. The number of hydrogen-bond donors (Lipinski definition) is 0. The van der Waals surface area contributed by atoms with Crippen LogP contribution in [0.2, 0.25) is 0 Å². The van der Waals surface area contributed by atoms with Crippen LogP contribution in [0.1, 0.15) is 37.9 Å². The van der Waals surface area contributed by atoms with Gasteiger partial charge in [0.25, 0.3) is 6.43 Å². The molecule has 4 nitrogen and oxygen atoms in total. The Kier molecular flexibility index (Phi) is 7.30. The Bertz CT molecular complexity index is 1240. The maximum Gasteiger partial charge on any atom is 0.295 e. The zero-order valence-corrected chi connectivity index (χ0v) is 18.7. The molecule has 1 heterocycles. The number of alkyl halides is 2. The standard InChI is InChI=1S/C27H25F3N2O2/c1-18(6-5-9-25(33)27(29)30)26(19-7-3-2-4-8-19)34-23-14-15-24-20(16-23)17-31-32(24)22-12-10-21(28)11-13-22/h2-4,7-8,10-18,26-27H,5-6,9H2,1H3/t18-,26+/m1/s1. The summed E-state index contributed by atoms with van der Waals surface area (Å²) in [5, 5.41) is 5.29. The molecular formula is C27H25F3N2O2. The van der Waals surface area contributed by atoms with Gasteiger partial charge in [0.2, 0.25) is 0 Å². The first kappa shape index (κ1) is 23.5. The molecule has 0 N–H and O–H groups in total. The highest BCUT2D eigenvalue weighted by atomic mass is 19.3. The molecule has 0 bridgehead atoms. The van der Waals surface area contributed by atoms with Crippen molar-refractivity contribution in [2.24, 2.45) is 5.92 Å². The second kappa shape index (κ2) is 10.5. The van der Waals surface area contributed by atoms with Crippen molar-refractivity contribution in [3.8, 4) is 11.4 Å². The highest BCUT2D eigenvalue weighted by Crippen LogP contribution is 2.33. The quantitative estimate of drug-likeness (QED) is 0.255. The number of ketones is 1. The molecule has 1 aromatic heterocycles. The summed E-state index contributed by atoms with van der Waals surface area (Å²) in [5.41, 5.74) is 2.57. The molecule has 0 amide bonds. The van der Waals surface area contributed by atoms with Crippen molar-refractivity contribution in [3.05, 3.63) is 90.4 Å². The van der Waals surface area contributed by atoms with E-state index in [4.69, 9.17) is 4.74 Å². The van der Waals surface area contributed by atoms with Crippen LogP contribution >= 0.6 is 0 Å². The molecule has 0 saturated carbocycles. The molecule has 7 heteroatoms. The number of rotatable bonds is 10. The lowest BCUT2D eigenvalue weighted by Crippen LogP contribution is -2.17. The zero-order valence-electron chi connectivity index (χ0n) is 18.7. The van der Waals surface area contributed by atoms with Crippen molar-refractivity contribution in [3.63, 3.8) is 0 Å². The second-order valence-corrected chi connectivity index (χ2v) is 8.34. The number of aromatic nitrogens is 2. The molecular weight excluding hydrogens is 441 g/mol. The van der Waals surface area contributed by atoms with E-state index in [0.717, 1.165) is 22.2 Å². The van der Waals surface area contributed by atoms with E-state index in [9.17, 15) is 18.0 Å². The molecule has 4 rings (SSSR count). The maximum absolute atomic E-state index is 13.3. The molecule has 0 aliphatic heterocycles. The minimum Gasteiger partial charge on any atom is -0.485 e. The largest absolute Gasteiger partial charge is 0.485 e. The van der Waals surface area contributed by atoms with Gasteiger partial charge < -0.3 is 4.74 Å². The Hall–Kier alpha value is -3.61. The lowest BCUT2D eigenvalue weighted by atomic mass is 9.92. The number of ether oxygens (including phenoxy) is 1. The Balaban J connectivity index is 1.54. The van der Waals surface area contributed by atoms with Crippen molar-refractivity contribution < 1.29 is 22.7 Å². The van der Waals surface area contributed by atoms with E-state index < -0.39 is 12.2 Å². The van der Waals surface area contributed by atoms with Gasteiger partial charge in [0.1, 0.15) is 17.7 Å². The fourth-order valence-electron chi connectivity index (χ4n) is 4.03. The van der Waals surface area contributed by atoms with Gasteiger partial charge in [-0.2, -0.15) is 5.10 Å². The molecule has 3 aromatic carbocycles. The number of hydrogen-bond acceptors (Lipinski definition) is 3. The normalized spacial score (nSPS) is 13.2. The lowest BCUT2D eigenvalue weighted by Gasteiger charge is -2.26. The number of halogens is 3. The molecule has 176 valence electrons. The van der Waals surface area contributed by atoms with Crippen LogP contribution in [0, 0.1) is 11.7 Å². The number of nitrogens with zero attached hydrogens (tertiary/aromatic N) is 2. The summed E-state index contributed by atoms with van der Waals surface area (Å²) >= 11 is 0. The van der Waals surface area contributed by atoms with Gasteiger partial charge in [0.15, 0.2) is 5.78 Å². The number of carbonyl (C=O) groups excluding carboxylic acids is 1. The predicted octanol–water partition coefficient (Wildman–Crippen LogP) is 6.93. The van der Waals surface area contributed by atoms with E-state index in [1.807, 2.05) is 55.5 Å². The van der Waals surface area contributed by atoms with Crippen LogP contribution < -0.4 is 4.74 Å². The number of carbonyl (C=O) groups is 1. The van der Waals surface area contributed by atoms with Gasteiger partial charge >= 0.3 is 0 Å². The van der Waals surface area contributed by atoms with Crippen molar-refractivity contribution in [1.82, 2.24) is 9.78 Å². The van der Waals surface area contributed by atoms with Crippen LogP contribution in [-0.4, -0.2) is 22.0 Å². The average molecular weight is 467 g/mol. The summed E-state index contributed by atoms with van der Waals surface area (Å²) in [7, 11) is 0. The van der Waals surface area contributed by atoms with Crippen LogP contribution in [0.4, 0.5) is 13.2 Å². The van der Waals surface area contributed by atoms with Gasteiger partial charge in [0.05, 0.1) is 17.4 Å². The highest BCUT2D eigenvalue weighted by molar-refractivity contribution is 5.82. The Morgan fingerprint density at radius 2 is 1.76 bits per heavy atom. The molecule has 34 heavy (non-hydrogen) atoms. The summed E-state index contributed by atoms with van der Waals surface area (Å²) < 4.78 is 46.4. The zero-order chi connectivity index (χ0) is 24.1. The third kappa shape index (κ3) is 5.47. The van der Waals surface area contributed by atoms with E-state index in [1.165, 1.54) is 12.1 Å². The Morgan fingerprint density at radius 3 is 2.47 bits per heavy atom. The monoisotopic (exact) mass is 466 g/mol. The highest BCUT2D eigenvalue weighted by Gasteiger charge is 2.23. The van der Waals surface area contributed by atoms with Crippen LogP contribution in [0.3, 0.4) is 0 Å². The summed E-state index contributed by atoms with van der Waals surface area (Å²) in [6, 6.07) is 21.5. The molecule has 0 radical (unpaired) electrons. The van der Waals surface area contributed by atoms with Crippen LogP contribution in [0.15, 0.2) is 79.0 Å². The summed E-state index contributed by atoms with van der Waals surface area (Å²) in [6.45, 7) is 2.00. The van der Waals surface area contributed by atoms with Crippen molar-refractivity contribution in [1.29, 1.82) is 0 Å². The number of benzene rings is 3. The fraction of sp³-hybridized carbons (Fsp3) is 0.259. The SMILES string of the molecule is C[C@H](CCCC(=O)C(F)F)[C@H](Oc1ccc2c(cnn2-c2ccc(F)cc2)c1)c1ccccc1. The topological polar surface area (TPSA) is 44.1 Å². The van der Waals surface area contributed by atoms with E-state index in [2.05, 4.69) is 5.10 Å². The van der Waals surface area contributed by atoms with Gasteiger partial charge in [-0.3, -0.25) is 4.79 Å². The smallest absolute Gasteiger partial charge is 0.295 e. The summed E-state index contributed by atoms with van der Waals surface area (Å²) in [5.74, 6) is -0.690. The summed E-state index contributed by atoms with van der Waals surface area (Å²) in [4.78, 5) is 11.3. The molecule has 0 fully saturated rings. The number of fused-ring (bicyclic) bond motifs is 1. The third-order valence-corrected chi connectivity index (χ3v) is 5.84. The molecule has 0 unspecified atom stereocenters. The van der Waals surface area contributed by atoms with E-state index in [0.29, 0.717) is 18.6 Å². The third-order valence-electron chi connectivity index (χ3n) is 5.84. The predicted molar refractivity (Wildman–Crippen MR) is 125 cm³/mol. The van der Waals surface area contributed by atoms with E-state index in [-0.39, 0.29) is 24.3 Å². The fourth-order valence-corrected chi connectivity index (χ4v) is 4.03. The van der Waals surface area contributed by atoms with Crippen LogP contribution in [0.25, 0.3) is 16.6 Å². The van der Waals surface area contributed by atoms with Crippen LogP contribution in [-0.2, 0) is 4.79 Å². The summed E-state index contributed by atoms with van der Waals surface area (Å²) in [6.07, 6.45) is -0.699. The van der Waals surface area contributed by atoms with Crippen molar-refractivity contribution in [2.75, 3.05) is 0 Å². The van der Waals surface area contributed by atoms with Gasteiger partial charge in [-0.25, -0.2) is 17.9 Å².